The summed E-state index contributed by atoms with van der Waals surface area (Å²) in [6.45, 7) is 4.12. The highest BCUT2D eigenvalue weighted by Crippen LogP contribution is 2.10. The molecule has 0 aliphatic rings. The Morgan fingerprint density at radius 1 is 1.50 bits per heavy atom. The van der Waals surface area contributed by atoms with Crippen molar-refractivity contribution < 1.29 is 5.11 Å². The Morgan fingerprint density at radius 3 is 2.71 bits per heavy atom. The number of anilines is 2. The second kappa shape index (κ2) is 4.76. The summed E-state index contributed by atoms with van der Waals surface area (Å²) < 4.78 is 0. The number of hydrogen-bond acceptors (Lipinski definition) is 5. The summed E-state index contributed by atoms with van der Waals surface area (Å²) in [7, 11) is 0. The third-order valence-corrected chi connectivity index (χ3v) is 2.02. The molecule has 0 saturated heterocycles. The number of aliphatic hydroxyl groups excluding tert-OH is 1. The monoisotopic (exact) mass is 196 g/mol. The molecule has 1 unspecified atom stereocenters. The molecule has 0 fully saturated rings. The largest absolute Gasteiger partial charge is 0.394 e. The first kappa shape index (κ1) is 10.7. The molecular weight excluding hydrogens is 180 g/mol. The summed E-state index contributed by atoms with van der Waals surface area (Å²) in [5, 5.41) is 12.2. The molecule has 14 heavy (non-hydrogen) atoms. The van der Waals surface area contributed by atoms with Gasteiger partial charge in [0.2, 0.25) is 0 Å². The lowest BCUT2D eigenvalue weighted by Gasteiger charge is -2.20. The van der Waals surface area contributed by atoms with E-state index in [1.54, 1.807) is 6.07 Å². The lowest BCUT2D eigenvalue weighted by Crippen LogP contribution is -2.29. The van der Waals surface area contributed by atoms with E-state index in [9.17, 15) is 0 Å². The average Bonchev–Trinajstić information content (AvgIpc) is 2.14. The smallest absolute Gasteiger partial charge is 0.131 e. The predicted molar refractivity (Wildman–Crippen MR) is 55.8 cm³/mol. The molecule has 1 heterocycles. The van der Waals surface area contributed by atoms with Gasteiger partial charge in [-0.3, -0.25) is 0 Å². The molecule has 5 nitrogen and oxygen atoms in total. The zero-order valence-electron chi connectivity index (χ0n) is 8.44. The summed E-state index contributed by atoms with van der Waals surface area (Å²) in [5.74, 6) is 1.39. The van der Waals surface area contributed by atoms with E-state index >= 15 is 0 Å². The van der Waals surface area contributed by atoms with Gasteiger partial charge in [0, 0.05) is 6.07 Å². The number of nitrogens with one attached hydrogen (secondary N) is 1. The molecule has 1 atom stereocenters. The van der Waals surface area contributed by atoms with Gasteiger partial charge >= 0.3 is 0 Å². The van der Waals surface area contributed by atoms with Crippen LogP contribution in [0.4, 0.5) is 11.6 Å². The van der Waals surface area contributed by atoms with E-state index in [1.807, 2.05) is 13.8 Å². The molecule has 1 aromatic rings. The fourth-order valence-corrected chi connectivity index (χ4v) is 1.06. The van der Waals surface area contributed by atoms with Crippen LogP contribution in [-0.4, -0.2) is 27.7 Å². The van der Waals surface area contributed by atoms with Gasteiger partial charge in [-0.1, -0.05) is 13.8 Å². The highest BCUT2D eigenvalue weighted by Gasteiger charge is 2.12. The van der Waals surface area contributed by atoms with Crippen molar-refractivity contribution in [2.75, 3.05) is 17.7 Å². The van der Waals surface area contributed by atoms with Gasteiger partial charge in [0.1, 0.15) is 18.0 Å². The van der Waals surface area contributed by atoms with Crippen molar-refractivity contribution in [2.45, 2.75) is 19.9 Å². The molecule has 1 rings (SSSR count). The van der Waals surface area contributed by atoms with Crippen molar-refractivity contribution in [3.05, 3.63) is 12.4 Å². The van der Waals surface area contributed by atoms with Crippen molar-refractivity contribution in [2.24, 2.45) is 5.92 Å². The number of nitrogens with two attached hydrogens (primary N) is 1. The van der Waals surface area contributed by atoms with Gasteiger partial charge in [-0.25, -0.2) is 9.97 Å². The van der Waals surface area contributed by atoms with Crippen LogP contribution in [-0.2, 0) is 0 Å². The Kier molecular flexibility index (Phi) is 3.64. The number of hydrogen-bond donors (Lipinski definition) is 3. The molecule has 0 spiro atoms. The average molecular weight is 196 g/mol. The summed E-state index contributed by atoms with van der Waals surface area (Å²) in [6.07, 6.45) is 1.40. The summed E-state index contributed by atoms with van der Waals surface area (Å²) >= 11 is 0. The van der Waals surface area contributed by atoms with E-state index in [-0.39, 0.29) is 12.6 Å². The summed E-state index contributed by atoms with van der Waals surface area (Å²) in [6, 6.07) is 1.63. The maximum absolute atomic E-state index is 9.09. The van der Waals surface area contributed by atoms with Crippen LogP contribution in [0, 0.1) is 5.92 Å². The second-order valence-electron chi connectivity index (χ2n) is 3.51. The summed E-state index contributed by atoms with van der Waals surface area (Å²) in [5.41, 5.74) is 5.50. The predicted octanol–water partition coefficient (Wildman–Crippen LogP) is 0.488. The van der Waals surface area contributed by atoms with Crippen molar-refractivity contribution in [3.63, 3.8) is 0 Å². The molecule has 0 radical (unpaired) electrons. The molecule has 1 aromatic heterocycles. The summed E-state index contributed by atoms with van der Waals surface area (Å²) in [4.78, 5) is 7.78. The van der Waals surface area contributed by atoms with Crippen LogP contribution >= 0.6 is 0 Å². The van der Waals surface area contributed by atoms with Gasteiger partial charge in [0.15, 0.2) is 0 Å². The number of rotatable bonds is 4. The number of nitrogen functional groups attached to an aromatic ring is 1. The van der Waals surface area contributed by atoms with Gasteiger partial charge in [-0.15, -0.1) is 0 Å². The van der Waals surface area contributed by atoms with Gasteiger partial charge in [0.25, 0.3) is 0 Å². The lowest BCUT2D eigenvalue weighted by molar-refractivity contribution is 0.249. The fourth-order valence-electron chi connectivity index (χ4n) is 1.06. The Balaban J connectivity index is 2.67. The molecule has 0 saturated carbocycles. The first-order valence-corrected chi connectivity index (χ1v) is 4.58. The Hall–Kier alpha value is -1.36. The second-order valence-corrected chi connectivity index (χ2v) is 3.51. The SMILES string of the molecule is CC(C)C(CO)Nc1cc(N)ncn1. The molecule has 4 N–H and O–H groups in total. The Bertz CT molecular complexity index is 290. The van der Waals surface area contributed by atoms with Crippen LogP contribution < -0.4 is 11.1 Å². The Labute approximate surface area is 83.4 Å². The highest BCUT2D eigenvalue weighted by atomic mass is 16.3. The first-order chi connectivity index (χ1) is 6.63. The van der Waals surface area contributed by atoms with E-state index in [0.29, 0.717) is 17.6 Å². The van der Waals surface area contributed by atoms with E-state index < -0.39 is 0 Å². The molecular formula is C9H16N4O. The van der Waals surface area contributed by atoms with Crippen LogP contribution in [0.3, 0.4) is 0 Å². The first-order valence-electron chi connectivity index (χ1n) is 4.58. The quantitative estimate of drug-likeness (QED) is 0.652. The molecule has 78 valence electrons. The van der Waals surface area contributed by atoms with Gasteiger partial charge in [0.05, 0.1) is 12.6 Å². The van der Waals surface area contributed by atoms with Gasteiger partial charge in [-0.2, -0.15) is 0 Å². The number of aromatic nitrogens is 2. The third-order valence-electron chi connectivity index (χ3n) is 2.02. The molecule has 0 aliphatic carbocycles. The van der Waals surface area contributed by atoms with E-state index in [1.165, 1.54) is 6.33 Å². The fraction of sp³-hybridized carbons (Fsp3) is 0.556. The molecule has 5 heteroatoms. The zero-order valence-corrected chi connectivity index (χ0v) is 8.44. The van der Waals surface area contributed by atoms with Gasteiger partial charge < -0.3 is 16.2 Å². The topological polar surface area (TPSA) is 84.1 Å². The van der Waals surface area contributed by atoms with Crippen molar-refractivity contribution in [1.29, 1.82) is 0 Å². The van der Waals surface area contributed by atoms with Crippen LogP contribution in [0.1, 0.15) is 13.8 Å². The van der Waals surface area contributed by atoms with Crippen molar-refractivity contribution in [1.82, 2.24) is 9.97 Å². The molecule has 0 aromatic carbocycles. The van der Waals surface area contributed by atoms with E-state index in [2.05, 4.69) is 15.3 Å². The molecule has 0 aliphatic heterocycles. The number of nitrogens with zero attached hydrogens (tertiary/aromatic N) is 2. The number of aliphatic hydroxyl groups is 1. The van der Waals surface area contributed by atoms with Crippen LogP contribution in [0.15, 0.2) is 12.4 Å². The van der Waals surface area contributed by atoms with Crippen LogP contribution in [0.25, 0.3) is 0 Å². The Morgan fingerprint density at radius 2 is 2.21 bits per heavy atom. The van der Waals surface area contributed by atoms with E-state index in [0.717, 1.165) is 0 Å². The zero-order chi connectivity index (χ0) is 10.6. The maximum Gasteiger partial charge on any atom is 0.131 e. The van der Waals surface area contributed by atoms with Crippen molar-refractivity contribution >= 4 is 11.6 Å². The normalized spacial score (nSPS) is 12.9. The minimum Gasteiger partial charge on any atom is -0.394 e. The lowest BCUT2D eigenvalue weighted by atomic mass is 10.1. The van der Waals surface area contributed by atoms with Crippen LogP contribution in [0.2, 0.25) is 0 Å². The van der Waals surface area contributed by atoms with Gasteiger partial charge in [-0.05, 0) is 5.92 Å². The minimum absolute atomic E-state index is 0.00991. The highest BCUT2D eigenvalue weighted by molar-refractivity contribution is 5.43. The standard InChI is InChI=1S/C9H16N4O/c1-6(2)7(4-14)13-9-3-8(10)11-5-12-9/h3,5-7,14H,4H2,1-2H3,(H3,10,11,12,13). The van der Waals surface area contributed by atoms with Crippen molar-refractivity contribution in [3.8, 4) is 0 Å². The maximum atomic E-state index is 9.09. The van der Waals surface area contributed by atoms with E-state index in [4.69, 9.17) is 10.8 Å². The van der Waals surface area contributed by atoms with Crippen LogP contribution in [0.5, 0.6) is 0 Å². The minimum atomic E-state index is -0.00991. The third kappa shape index (κ3) is 2.85. The molecule has 0 bridgehead atoms. The molecule has 0 amide bonds.